The van der Waals surface area contributed by atoms with Crippen LogP contribution in [0.1, 0.15) is 17.5 Å². The van der Waals surface area contributed by atoms with E-state index in [1.54, 1.807) is 23.3 Å². The van der Waals surface area contributed by atoms with Crippen LogP contribution in [-0.2, 0) is 23.3 Å². The molecule has 0 radical (unpaired) electrons. The van der Waals surface area contributed by atoms with E-state index in [9.17, 15) is 0 Å². The first-order chi connectivity index (χ1) is 11.1. The standard InChI is InChI=1S/C19H15.C2H6Si.2ClH.Zr/c1-13-10-11-17-16-9-5-4-8-15(16)12-18(17)19(13)14-6-2-3-7-14;1-3-2;;;/h2-6,8-12H,7H2,1H3;1-2H3;2*1H;/q-1;;;;+2/p-2. The number of hydrogen-bond acceptors (Lipinski definition) is 0. The summed E-state index contributed by atoms with van der Waals surface area (Å²) in [7, 11) is 0. The van der Waals surface area contributed by atoms with E-state index >= 15 is 0 Å². The molecule has 0 fully saturated rings. The van der Waals surface area contributed by atoms with E-state index in [2.05, 4.69) is 80.7 Å². The summed E-state index contributed by atoms with van der Waals surface area (Å²) in [6.45, 7) is 6.83. The van der Waals surface area contributed by atoms with E-state index in [0.717, 1.165) is 6.42 Å². The second kappa shape index (κ2) is 9.97. The Bertz CT molecular complexity index is 947. The number of halogens is 2. The zero-order valence-electron chi connectivity index (χ0n) is 14.7. The number of rotatable bonds is 1. The maximum atomic E-state index is 2.34. The van der Waals surface area contributed by atoms with E-state index < -0.39 is 0 Å². The molecule has 0 amide bonds. The van der Waals surface area contributed by atoms with Crippen LogP contribution >= 0.6 is 0 Å². The van der Waals surface area contributed by atoms with Crippen LogP contribution in [0, 0.1) is 6.92 Å². The van der Waals surface area contributed by atoms with Crippen LogP contribution in [0.15, 0.2) is 60.7 Å². The third-order valence-corrected chi connectivity index (χ3v) is 4.10. The van der Waals surface area contributed by atoms with Crippen molar-refractivity contribution in [3.05, 3.63) is 71.8 Å². The zero-order chi connectivity index (χ0) is 16.4. The van der Waals surface area contributed by atoms with Crippen LogP contribution in [0.25, 0.3) is 27.1 Å². The third kappa shape index (κ3) is 5.01. The van der Waals surface area contributed by atoms with Crippen molar-refractivity contribution in [2.45, 2.75) is 26.4 Å². The van der Waals surface area contributed by atoms with E-state index in [4.69, 9.17) is 0 Å². The Morgan fingerprint density at radius 2 is 1.68 bits per heavy atom. The van der Waals surface area contributed by atoms with Crippen molar-refractivity contribution in [1.82, 2.24) is 0 Å². The van der Waals surface area contributed by atoms with E-state index in [1.807, 2.05) is 0 Å². The maximum Gasteiger partial charge on any atom is -0.0159 e. The molecule has 25 heavy (non-hydrogen) atoms. The van der Waals surface area contributed by atoms with Gasteiger partial charge in [-0.05, 0) is 13.3 Å². The fraction of sp³-hybridized carbons (Fsp3) is 0.190. The van der Waals surface area contributed by atoms with E-state index in [-0.39, 0.29) is 30.2 Å². The maximum absolute atomic E-state index is 2.34. The molecule has 0 saturated heterocycles. The molecule has 0 aromatic heterocycles. The minimum Gasteiger partial charge on any atom is -1.00 e. The Kier molecular flexibility index (Phi) is 8.98. The largest absolute Gasteiger partial charge is 1.00 e. The summed E-state index contributed by atoms with van der Waals surface area (Å²) in [6, 6.07) is 15.5. The minimum absolute atomic E-state index is 0. The molecule has 4 rings (SSSR count). The Hall–Kier alpha value is -0.530. The van der Waals surface area contributed by atoms with Gasteiger partial charge in [0.1, 0.15) is 0 Å². The molecule has 3 aromatic rings. The first-order valence-electron chi connectivity index (χ1n) is 8.03. The Morgan fingerprint density at radius 3 is 2.32 bits per heavy atom. The molecule has 0 aliphatic heterocycles. The van der Waals surface area contributed by atoms with Gasteiger partial charge in [-0.2, -0.15) is 0 Å². The van der Waals surface area contributed by atoms with Gasteiger partial charge in [-0.1, -0.05) is 65.3 Å². The zero-order valence-corrected chi connectivity index (χ0v) is 19.7. The third-order valence-electron chi connectivity index (χ3n) is 4.10. The summed E-state index contributed by atoms with van der Waals surface area (Å²) in [5.74, 6) is 0. The van der Waals surface area contributed by atoms with Crippen LogP contribution in [0.4, 0.5) is 0 Å². The first-order valence-corrected chi connectivity index (χ1v) is 14.2. The van der Waals surface area contributed by atoms with Crippen LogP contribution in [0.3, 0.4) is 0 Å². The second-order valence-electron chi connectivity index (χ2n) is 6.27. The van der Waals surface area contributed by atoms with E-state index in [1.165, 1.54) is 38.2 Å². The molecule has 1 aliphatic rings. The molecule has 128 valence electrons. The molecular formula is C21H21Cl2SiZr-. The summed E-state index contributed by atoms with van der Waals surface area (Å²) in [6.07, 6.45) is 7.70. The van der Waals surface area contributed by atoms with Crippen LogP contribution in [-0.4, -0.2) is 5.43 Å². The Labute approximate surface area is 177 Å². The van der Waals surface area contributed by atoms with Crippen LogP contribution in [0.5, 0.6) is 0 Å². The molecule has 0 unspecified atom stereocenters. The number of hydrogen-bond donors (Lipinski definition) is 0. The summed E-state index contributed by atoms with van der Waals surface area (Å²) in [5.41, 5.74) is 4.46. The minimum atomic E-state index is 0. The smallest absolute Gasteiger partial charge is 0.0159 e. The molecule has 3 aromatic carbocycles. The van der Waals surface area contributed by atoms with Crippen molar-refractivity contribution in [3.8, 4) is 0 Å². The topological polar surface area (TPSA) is 0 Å². The number of allylic oxidation sites excluding steroid dienone is 4. The summed E-state index contributed by atoms with van der Waals surface area (Å²) >= 11 is 1.74. The van der Waals surface area contributed by atoms with Gasteiger partial charge in [0.2, 0.25) is 0 Å². The molecule has 0 N–H and O–H groups in total. The number of aryl methyl sites for hydroxylation is 1. The SMILES string of the molecule is C[Si](C)=[Zr+2].Cc1ccc2c([cH-]c3ccccc32)c1C1=CC=CC1.[Cl-].[Cl-]. The quantitative estimate of drug-likeness (QED) is 0.356. The van der Waals surface area contributed by atoms with Crippen molar-refractivity contribution >= 4 is 32.6 Å². The van der Waals surface area contributed by atoms with Gasteiger partial charge in [0.15, 0.2) is 0 Å². The van der Waals surface area contributed by atoms with Crippen molar-refractivity contribution < 1.29 is 48.1 Å². The van der Waals surface area contributed by atoms with Gasteiger partial charge < -0.3 is 24.8 Å². The molecule has 0 spiro atoms. The summed E-state index contributed by atoms with van der Waals surface area (Å²) < 4.78 is 0. The molecule has 4 heteroatoms. The summed E-state index contributed by atoms with van der Waals surface area (Å²) in [4.78, 5) is 0. The van der Waals surface area contributed by atoms with Crippen molar-refractivity contribution in [1.29, 1.82) is 0 Å². The van der Waals surface area contributed by atoms with Gasteiger partial charge in [-0.15, -0.1) is 33.7 Å². The van der Waals surface area contributed by atoms with Crippen LogP contribution < -0.4 is 24.8 Å². The molecule has 0 atom stereocenters. The van der Waals surface area contributed by atoms with Crippen molar-refractivity contribution in [2.75, 3.05) is 0 Å². The average Bonchev–Trinajstić information content (AvgIpc) is 3.13. The normalized spacial score (nSPS) is 12.1. The molecule has 0 saturated carbocycles. The Morgan fingerprint density at radius 1 is 1.00 bits per heavy atom. The number of benzene rings is 2. The van der Waals surface area contributed by atoms with Gasteiger partial charge >= 0.3 is 41.9 Å². The van der Waals surface area contributed by atoms with Gasteiger partial charge in [0.05, 0.1) is 0 Å². The van der Waals surface area contributed by atoms with Gasteiger partial charge in [0, 0.05) is 0 Å². The fourth-order valence-electron chi connectivity index (χ4n) is 3.20. The average molecular weight is 464 g/mol. The predicted octanol–water partition coefficient (Wildman–Crippen LogP) is 0.156. The van der Waals surface area contributed by atoms with Crippen molar-refractivity contribution in [3.63, 3.8) is 0 Å². The molecule has 1 aliphatic carbocycles. The van der Waals surface area contributed by atoms with Gasteiger partial charge in [-0.25, -0.2) is 0 Å². The molecule has 0 heterocycles. The fourth-order valence-corrected chi connectivity index (χ4v) is 3.20. The Balaban J connectivity index is 0.000000476. The van der Waals surface area contributed by atoms with Gasteiger partial charge in [-0.3, -0.25) is 0 Å². The monoisotopic (exact) mass is 461 g/mol. The van der Waals surface area contributed by atoms with E-state index in [0.29, 0.717) is 0 Å². The second-order valence-corrected chi connectivity index (χ2v) is 15.6. The van der Waals surface area contributed by atoms with Crippen molar-refractivity contribution in [2.24, 2.45) is 0 Å². The molecule has 0 bridgehead atoms. The first kappa shape index (κ1) is 22.5. The molecule has 0 nitrogen and oxygen atoms in total. The van der Waals surface area contributed by atoms with Crippen LogP contribution in [0.2, 0.25) is 13.1 Å². The summed E-state index contributed by atoms with van der Waals surface area (Å²) in [5, 5.41) is 5.49. The predicted molar refractivity (Wildman–Crippen MR) is 101 cm³/mol. The van der Waals surface area contributed by atoms with Gasteiger partial charge in [0.25, 0.3) is 0 Å². The number of fused-ring (bicyclic) bond motifs is 3. The molecular weight excluding hydrogens is 442 g/mol.